The van der Waals surface area contributed by atoms with Gasteiger partial charge in [-0.2, -0.15) is 0 Å². The van der Waals surface area contributed by atoms with E-state index in [1.165, 1.54) is 0 Å². The number of hydrogen-bond donors (Lipinski definition) is 0. The van der Waals surface area contributed by atoms with Crippen LogP contribution < -0.4 is 0 Å². The molecule has 1 saturated heterocycles. The second kappa shape index (κ2) is 5.05. The molecule has 0 aliphatic carbocycles. The van der Waals surface area contributed by atoms with Crippen LogP contribution in [0.3, 0.4) is 0 Å². The molecule has 0 radical (unpaired) electrons. The summed E-state index contributed by atoms with van der Waals surface area (Å²) in [7, 11) is 0. The Balaban J connectivity index is 2.69. The third-order valence-corrected chi connectivity index (χ3v) is 1.87. The Morgan fingerprint density at radius 2 is 1.93 bits per heavy atom. The van der Waals surface area contributed by atoms with Crippen LogP contribution in [0.15, 0.2) is 73.3 Å². The average Bonchev–Trinajstić information content (AvgIpc) is 2.61. The van der Waals surface area contributed by atoms with Crippen LogP contribution in [0.25, 0.3) is 0 Å². The molecule has 0 aromatic heterocycles. The van der Waals surface area contributed by atoms with Crippen LogP contribution in [0.5, 0.6) is 0 Å². The van der Waals surface area contributed by atoms with Crippen LogP contribution in [0, 0.1) is 0 Å². The fourth-order valence-corrected chi connectivity index (χ4v) is 0.980. The quantitative estimate of drug-likeness (QED) is 0.651. The molecule has 1 rings (SSSR count). The number of ether oxygens (including phenoxy) is 2. The Morgan fingerprint density at radius 1 is 1.20 bits per heavy atom. The molecule has 0 saturated carbocycles. The second-order valence-corrected chi connectivity index (χ2v) is 2.98. The van der Waals surface area contributed by atoms with E-state index < -0.39 is 0 Å². The van der Waals surface area contributed by atoms with Crippen molar-refractivity contribution in [3.63, 3.8) is 0 Å². The van der Waals surface area contributed by atoms with E-state index in [1.807, 2.05) is 6.08 Å². The summed E-state index contributed by atoms with van der Waals surface area (Å²) in [4.78, 5) is 0. The second-order valence-electron chi connectivity index (χ2n) is 2.98. The van der Waals surface area contributed by atoms with Gasteiger partial charge in [0.25, 0.3) is 0 Å². The van der Waals surface area contributed by atoms with E-state index >= 15 is 0 Å². The first-order chi connectivity index (χ1) is 7.15. The van der Waals surface area contributed by atoms with Crippen molar-refractivity contribution in [1.29, 1.82) is 0 Å². The lowest BCUT2D eigenvalue weighted by molar-refractivity contribution is 0.0980. The molecule has 0 N–H and O–H groups in total. The van der Waals surface area contributed by atoms with Gasteiger partial charge in [-0.1, -0.05) is 44.5 Å². The first-order valence-corrected chi connectivity index (χ1v) is 4.49. The summed E-state index contributed by atoms with van der Waals surface area (Å²) in [5.41, 5.74) is 1.56. The molecule has 1 aliphatic rings. The van der Waals surface area contributed by atoms with Crippen molar-refractivity contribution < 1.29 is 9.47 Å². The maximum absolute atomic E-state index is 5.18. The topological polar surface area (TPSA) is 18.5 Å². The maximum Gasteiger partial charge on any atom is 0.231 e. The van der Waals surface area contributed by atoms with Gasteiger partial charge in [0.1, 0.15) is 0 Å². The van der Waals surface area contributed by atoms with Crippen LogP contribution in [0.4, 0.5) is 0 Å². The molecule has 2 heteroatoms. The standard InChI is InChI=1S/C13H14O2/c1-5-6-7-10(2)11(3)8-13-12(4)14-9-15-13/h5-8H,1-4,9H2/b7-6-,13-8+. The molecule has 2 nitrogen and oxygen atoms in total. The Bertz CT molecular complexity index is 370. The minimum Gasteiger partial charge on any atom is -0.454 e. The van der Waals surface area contributed by atoms with Crippen molar-refractivity contribution in [3.05, 3.63) is 73.3 Å². The summed E-state index contributed by atoms with van der Waals surface area (Å²) in [6.07, 6.45) is 7.06. The van der Waals surface area contributed by atoms with Crippen molar-refractivity contribution in [2.75, 3.05) is 6.79 Å². The molecule has 0 amide bonds. The molecule has 15 heavy (non-hydrogen) atoms. The Kier molecular flexibility index (Phi) is 3.75. The lowest BCUT2D eigenvalue weighted by atomic mass is 10.1. The summed E-state index contributed by atoms with van der Waals surface area (Å²) in [6, 6.07) is 0. The summed E-state index contributed by atoms with van der Waals surface area (Å²) >= 11 is 0. The normalized spacial score (nSPS) is 17.6. The van der Waals surface area contributed by atoms with Gasteiger partial charge in [0.15, 0.2) is 11.5 Å². The molecular weight excluding hydrogens is 188 g/mol. The number of hydrogen-bond acceptors (Lipinski definition) is 2. The largest absolute Gasteiger partial charge is 0.454 e. The molecule has 0 atom stereocenters. The van der Waals surface area contributed by atoms with Crippen LogP contribution in [0.1, 0.15) is 0 Å². The zero-order valence-corrected chi connectivity index (χ0v) is 8.66. The zero-order valence-electron chi connectivity index (χ0n) is 8.66. The highest BCUT2D eigenvalue weighted by Crippen LogP contribution is 2.22. The van der Waals surface area contributed by atoms with E-state index in [4.69, 9.17) is 9.47 Å². The van der Waals surface area contributed by atoms with Crippen molar-refractivity contribution in [3.8, 4) is 0 Å². The summed E-state index contributed by atoms with van der Waals surface area (Å²) in [5.74, 6) is 1.13. The fraction of sp³-hybridized carbons (Fsp3) is 0.0769. The summed E-state index contributed by atoms with van der Waals surface area (Å²) < 4.78 is 10.2. The average molecular weight is 202 g/mol. The van der Waals surface area contributed by atoms with E-state index in [-0.39, 0.29) is 6.79 Å². The van der Waals surface area contributed by atoms with Crippen LogP contribution >= 0.6 is 0 Å². The van der Waals surface area contributed by atoms with Gasteiger partial charge in [-0.3, -0.25) is 0 Å². The SMILES string of the molecule is C=C/C=C\C(=C)C(=C)/C=C1/OCOC1=C. The molecule has 1 fully saturated rings. The van der Waals surface area contributed by atoms with Crippen molar-refractivity contribution in [2.24, 2.45) is 0 Å². The monoisotopic (exact) mass is 202 g/mol. The number of rotatable bonds is 4. The molecule has 0 aromatic carbocycles. The summed E-state index contributed by atoms with van der Waals surface area (Å²) in [5, 5.41) is 0. The van der Waals surface area contributed by atoms with Gasteiger partial charge in [0.05, 0.1) is 0 Å². The molecule has 78 valence electrons. The Labute approximate surface area is 90.2 Å². The molecule has 0 bridgehead atoms. The lowest BCUT2D eigenvalue weighted by Crippen LogP contribution is -1.85. The molecule has 0 unspecified atom stereocenters. The fourth-order valence-electron chi connectivity index (χ4n) is 0.980. The van der Waals surface area contributed by atoms with Gasteiger partial charge in [0, 0.05) is 0 Å². The third-order valence-electron chi connectivity index (χ3n) is 1.87. The van der Waals surface area contributed by atoms with Crippen LogP contribution in [0.2, 0.25) is 0 Å². The summed E-state index contributed by atoms with van der Waals surface area (Å²) in [6.45, 7) is 15.2. The van der Waals surface area contributed by atoms with Gasteiger partial charge in [0.2, 0.25) is 6.79 Å². The maximum atomic E-state index is 5.18. The van der Waals surface area contributed by atoms with E-state index in [0.717, 1.165) is 11.1 Å². The Morgan fingerprint density at radius 3 is 2.47 bits per heavy atom. The highest BCUT2D eigenvalue weighted by atomic mass is 16.7. The first-order valence-electron chi connectivity index (χ1n) is 4.49. The predicted molar refractivity (Wildman–Crippen MR) is 61.9 cm³/mol. The smallest absolute Gasteiger partial charge is 0.231 e. The first kappa shape index (κ1) is 11.1. The predicted octanol–water partition coefficient (Wildman–Crippen LogP) is 3.24. The molecule has 0 spiro atoms. The lowest BCUT2D eigenvalue weighted by Gasteiger charge is -2.00. The van der Waals surface area contributed by atoms with Gasteiger partial charge in [-0.15, -0.1) is 0 Å². The third kappa shape index (κ3) is 3.02. The van der Waals surface area contributed by atoms with Crippen LogP contribution in [-0.4, -0.2) is 6.79 Å². The van der Waals surface area contributed by atoms with Crippen molar-refractivity contribution >= 4 is 0 Å². The van der Waals surface area contributed by atoms with Gasteiger partial charge >= 0.3 is 0 Å². The van der Waals surface area contributed by atoms with E-state index in [9.17, 15) is 0 Å². The van der Waals surface area contributed by atoms with Gasteiger partial charge < -0.3 is 9.47 Å². The van der Waals surface area contributed by atoms with E-state index in [0.29, 0.717) is 11.5 Å². The van der Waals surface area contributed by atoms with Crippen molar-refractivity contribution in [2.45, 2.75) is 0 Å². The molecule has 1 heterocycles. The minimum absolute atomic E-state index is 0.215. The highest BCUT2D eigenvalue weighted by molar-refractivity contribution is 5.45. The Hall–Kier alpha value is -1.96. The highest BCUT2D eigenvalue weighted by Gasteiger charge is 2.13. The van der Waals surface area contributed by atoms with E-state index in [1.54, 1.807) is 18.2 Å². The molecule has 1 aliphatic heterocycles. The van der Waals surface area contributed by atoms with Crippen molar-refractivity contribution in [1.82, 2.24) is 0 Å². The zero-order chi connectivity index (χ0) is 11.3. The van der Waals surface area contributed by atoms with Gasteiger partial charge in [-0.05, 0) is 17.2 Å². The van der Waals surface area contributed by atoms with Crippen LogP contribution in [-0.2, 0) is 9.47 Å². The van der Waals surface area contributed by atoms with E-state index in [2.05, 4.69) is 26.3 Å². The molecular formula is C13H14O2. The van der Waals surface area contributed by atoms with Gasteiger partial charge in [-0.25, -0.2) is 0 Å². The number of allylic oxidation sites excluding steroid dienone is 6. The minimum atomic E-state index is 0.215. The molecule has 0 aromatic rings.